The van der Waals surface area contributed by atoms with Crippen LogP contribution in [0.2, 0.25) is 0 Å². The average molecular weight is 170 g/mol. The molecule has 0 amide bonds. The minimum absolute atomic E-state index is 0.0596. The van der Waals surface area contributed by atoms with Gasteiger partial charge in [0.15, 0.2) is 0 Å². The van der Waals surface area contributed by atoms with Crippen molar-refractivity contribution in [2.75, 3.05) is 7.11 Å². The molecule has 4 heteroatoms. The number of methoxy groups -OCH3 is 1. The van der Waals surface area contributed by atoms with Gasteiger partial charge in [-0.1, -0.05) is 13.2 Å². The van der Waals surface area contributed by atoms with Gasteiger partial charge < -0.3 is 9.47 Å². The molecule has 66 valence electrons. The fraction of sp³-hybridized carbons (Fsp3) is 0.250. The van der Waals surface area contributed by atoms with Crippen LogP contribution in [0.4, 0.5) is 0 Å². The SMILES string of the molecule is C=COC(=O)CC(=C)C(=O)OC. The summed E-state index contributed by atoms with van der Waals surface area (Å²) in [5.41, 5.74) is 0.0596. The summed E-state index contributed by atoms with van der Waals surface area (Å²) < 4.78 is 8.68. The topological polar surface area (TPSA) is 52.6 Å². The highest BCUT2D eigenvalue weighted by Crippen LogP contribution is 2.01. The van der Waals surface area contributed by atoms with Gasteiger partial charge in [-0.2, -0.15) is 0 Å². The number of hydrogen-bond donors (Lipinski definition) is 0. The highest BCUT2D eigenvalue weighted by molar-refractivity contribution is 5.93. The van der Waals surface area contributed by atoms with Gasteiger partial charge in [0.1, 0.15) is 0 Å². The van der Waals surface area contributed by atoms with E-state index in [1.165, 1.54) is 7.11 Å². The van der Waals surface area contributed by atoms with Crippen LogP contribution in [0.15, 0.2) is 25.0 Å². The predicted molar refractivity (Wildman–Crippen MR) is 42.1 cm³/mol. The minimum atomic E-state index is -0.615. The number of carbonyl (C=O) groups excluding carboxylic acids is 2. The van der Waals surface area contributed by atoms with E-state index in [0.29, 0.717) is 0 Å². The van der Waals surface area contributed by atoms with Gasteiger partial charge in [-0.15, -0.1) is 0 Å². The van der Waals surface area contributed by atoms with Crippen LogP contribution in [0.3, 0.4) is 0 Å². The van der Waals surface area contributed by atoms with E-state index in [4.69, 9.17) is 0 Å². The Labute approximate surface area is 70.5 Å². The van der Waals surface area contributed by atoms with E-state index >= 15 is 0 Å². The summed E-state index contributed by atoms with van der Waals surface area (Å²) in [6.45, 7) is 6.52. The Kier molecular flexibility index (Phi) is 4.45. The minimum Gasteiger partial charge on any atom is -0.466 e. The molecule has 0 aromatic rings. The second-order valence-electron chi connectivity index (χ2n) is 1.93. The van der Waals surface area contributed by atoms with Crippen molar-refractivity contribution in [2.45, 2.75) is 6.42 Å². The second-order valence-corrected chi connectivity index (χ2v) is 1.93. The van der Waals surface area contributed by atoms with Gasteiger partial charge in [0.25, 0.3) is 0 Å². The zero-order valence-corrected chi connectivity index (χ0v) is 6.83. The molecule has 0 saturated carbocycles. The van der Waals surface area contributed by atoms with Gasteiger partial charge in [0.05, 0.1) is 19.8 Å². The van der Waals surface area contributed by atoms with Crippen molar-refractivity contribution in [3.63, 3.8) is 0 Å². The summed E-state index contributed by atoms with van der Waals surface area (Å²) in [7, 11) is 1.21. The molecule has 0 fully saturated rings. The molecule has 0 bridgehead atoms. The molecule has 0 unspecified atom stereocenters. The van der Waals surface area contributed by atoms with Crippen molar-refractivity contribution in [1.82, 2.24) is 0 Å². The lowest BCUT2D eigenvalue weighted by atomic mass is 10.2. The van der Waals surface area contributed by atoms with Gasteiger partial charge in [0.2, 0.25) is 0 Å². The van der Waals surface area contributed by atoms with Crippen molar-refractivity contribution in [3.05, 3.63) is 25.0 Å². The van der Waals surface area contributed by atoms with E-state index in [2.05, 4.69) is 22.6 Å². The normalized spacial score (nSPS) is 8.42. The molecule has 0 radical (unpaired) electrons. The molecule has 4 nitrogen and oxygen atoms in total. The van der Waals surface area contributed by atoms with Crippen molar-refractivity contribution >= 4 is 11.9 Å². The molecule has 0 saturated heterocycles. The zero-order chi connectivity index (χ0) is 9.56. The van der Waals surface area contributed by atoms with E-state index in [0.717, 1.165) is 6.26 Å². The lowest BCUT2D eigenvalue weighted by molar-refractivity contribution is -0.141. The van der Waals surface area contributed by atoms with E-state index in [1.807, 2.05) is 0 Å². The Bertz CT molecular complexity index is 217. The third-order valence-electron chi connectivity index (χ3n) is 1.05. The lowest BCUT2D eigenvalue weighted by Gasteiger charge is -2.00. The Morgan fingerprint density at radius 2 is 2.08 bits per heavy atom. The number of esters is 2. The van der Waals surface area contributed by atoms with Crippen molar-refractivity contribution in [3.8, 4) is 0 Å². The van der Waals surface area contributed by atoms with E-state index in [1.54, 1.807) is 0 Å². The Balaban J connectivity index is 3.92. The van der Waals surface area contributed by atoms with Crippen LogP contribution in [0.5, 0.6) is 0 Å². The first-order valence-electron chi connectivity index (χ1n) is 3.18. The van der Waals surface area contributed by atoms with Crippen molar-refractivity contribution in [1.29, 1.82) is 0 Å². The third kappa shape index (κ3) is 3.55. The Morgan fingerprint density at radius 1 is 1.50 bits per heavy atom. The fourth-order valence-corrected chi connectivity index (χ4v) is 0.525. The monoisotopic (exact) mass is 170 g/mol. The zero-order valence-electron chi connectivity index (χ0n) is 6.83. The maximum atomic E-state index is 10.7. The number of carbonyl (C=O) groups is 2. The molecule has 0 N–H and O–H groups in total. The molecule has 12 heavy (non-hydrogen) atoms. The first kappa shape index (κ1) is 10.4. The van der Waals surface area contributed by atoms with Crippen LogP contribution in [0.25, 0.3) is 0 Å². The maximum absolute atomic E-state index is 10.7. The van der Waals surface area contributed by atoms with Crippen LogP contribution in [-0.4, -0.2) is 19.0 Å². The quantitative estimate of drug-likeness (QED) is 0.355. The number of ether oxygens (including phenoxy) is 2. The molecule has 0 atom stereocenters. The predicted octanol–water partition coefficient (Wildman–Crippen LogP) is 0.792. The first-order valence-corrected chi connectivity index (χ1v) is 3.18. The molecule has 0 spiro atoms. The van der Waals surface area contributed by atoms with Crippen LogP contribution >= 0.6 is 0 Å². The second kappa shape index (κ2) is 5.12. The lowest BCUT2D eigenvalue weighted by Crippen LogP contribution is -2.09. The molecular formula is C8H10O4. The first-order chi connectivity index (χ1) is 5.61. The van der Waals surface area contributed by atoms with Gasteiger partial charge in [-0.3, -0.25) is 4.79 Å². The summed E-state index contributed by atoms with van der Waals surface area (Å²) in [6, 6.07) is 0. The highest BCUT2D eigenvalue weighted by atomic mass is 16.5. The summed E-state index contributed by atoms with van der Waals surface area (Å²) in [4.78, 5) is 21.4. The Morgan fingerprint density at radius 3 is 2.50 bits per heavy atom. The molecule has 0 aromatic heterocycles. The average Bonchev–Trinajstić information content (AvgIpc) is 2.03. The van der Waals surface area contributed by atoms with Crippen LogP contribution in [0.1, 0.15) is 6.42 Å². The molecule has 0 heterocycles. The summed E-state index contributed by atoms with van der Waals surface area (Å²) in [5.74, 6) is -1.20. The summed E-state index contributed by atoms with van der Waals surface area (Å²) >= 11 is 0. The molecule has 0 aliphatic rings. The molecular weight excluding hydrogens is 160 g/mol. The Hall–Kier alpha value is -1.58. The van der Waals surface area contributed by atoms with E-state index < -0.39 is 11.9 Å². The van der Waals surface area contributed by atoms with Crippen LogP contribution < -0.4 is 0 Å². The van der Waals surface area contributed by atoms with Crippen LogP contribution in [-0.2, 0) is 19.1 Å². The molecule has 0 aromatic carbocycles. The van der Waals surface area contributed by atoms with Crippen molar-refractivity contribution < 1.29 is 19.1 Å². The van der Waals surface area contributed by atoms with Gasteiger partial charge >= 0.3 is 11.9 Å². The third-order valence-corrected chi connectivity index (χ3v) is 1.05. The smallest absolute Gasteiger partial charge is 0.333 e. The van der Waals surface area contributed by atoms with Crippen LogP contribution in [0, 0.1) is 0 Å². The molecule has 0 aliphatic heterocycles. The van der Waals surface area contributed by atoms with Gasteiger partial charge in [0, 0.05) is 5.57 Å². The summed E-state index contributed by atoms with van der Waals surface area (Å²) in [5, 5.41) is 0. The fourth-order valence-electron chi connectivity index (χ4n) is 0.525. The standard InChI is InChI=1S/C8H10O4/c1-4-12-7(9)5-6(2)8(10)11-3/h4H,1-2,5H2,3H3. The largest absolute Gasteiger partial charge is 0.466 e. The number of rotatable bonds is 4. The molecule has 0 aliphatic carbocycles. The van der Waals surface area contributed by atoms with Gasteiger partial charge in [-0.05, 0) is 0 Å². The maximum Gasteiger partial charge on any atom is 0.333 e. The molecule has 0 rings (SSSR count). The highest BCUT2D eigenvalue weighted by Gasteiger charge is 2.11. The summed E-state index contributed by atoms with van der Waals surface area (Å²) in [6.07, 6.45) is 0.811. The number of hydrogen-bond acceptors (Lipinski definition) is 4. The van der Waals surface area contributed by atoms with E-state index in [-0.39, 0.29) is 12.0 Å². The van der Waals surface area contributed by atoms with E-state index in [9.17, 15) is 9.59 Å². The van der Waals surface area contributed by atoms with Gasteiger partial charge in [-0.25, -0.2) is 4.79 Å². The van der Waals surface area contributed by atoms with Crippen molar-refractivity contribution in [2.24, 2.45) is 0 Å².